The van der Waals surface area contributed by atoms with Crippen molar-refractivity contribution >= 4 is 34.5 Å². The molecule has 1 aromatic carbocycles. The molecule has 186 valence electrons. The summed E-state index contributed by atoms with van der Waals surface area (Å²) >= 11 is 0. The van der Waals surface area contributed by atoms with Crippen molar-refractivity contribution < 1.29 is 23.2 Å². The zero-order valence-corrected chi connectivity index (χ0v) is 19.6. The highest BCUT2D eigenvalue weighted by Gasteiger charge is 2.43. The monoisotopic (exact) mass is 495 g/mol. The number of aromatic amines is 1. The number of benzene rings is 1. The number of fused-ring (bicyclic) bond motifs is 2. The molecule has 1 aliphatic heterocycles. The van der Waals surface area contributed by atoms with E-state index < -0.39 is 29.4 Å². The summed E-state index contributed by atoms with van der Waals surface area (Å²) in [6.45, 7) is 6.06. The second-order valence-corrected chi connectivity index (χ2v) is 9.43. The van der Waals surface area contributed by atoms with Gasteiger partial charge in [-0.1, -0.05) is 6.07 Å². The molecular weight excluding hydrogens is 473 g/mol. The van der Waals surface area contributed by atoms with Gasteiger partial charge in [0.2, 0.25) is 5.91 Å². The Balaban J connectivity index is 1.36. The highest BCUT2D eigenvalue weighted by atomic mass is 19.1. The Kier molecular flexibility index (Phi) is 5.34. The average Bonchev–Trinajstić information content (AvgIpc) is 3.38. The van der Waals surface area contributed by atoms with E-state index >= 15 is 0 Å². The molecule has 4 aromatic rings. The van der Waals surface area contributed by atoms with E-state index in [1.54, 1.807) is 23.1 Å². The Labute approximate surface area is 202 Å². The molecule has 0 aliphatic carbocycles. The number of nitrogens with zero attached hydrogens (tertiary/aromatic N) is 4. The summed E-state index contributed by atoms with van der Waals surface area (Å²) < 4.78 is 20.2. The van der Waals surface area contributed by atoms with Crippen LogP contribution in [0.3, 0.4) is 0 Å². The lowest BCUT2D eigenvalue weighted by molar-refractivity contribution is -0.150. The van der Waals surface area contributed by atoms with E-state index in [1.807, 2.05) is 20.8 Å². The van der Waals surface area contributed by atoms with Crippen LogP contribution >= 0.6 is 0 Å². The van der Waals surface area contributed by atoms with Gasteiger partial charge in [-0.05, 0) is 38.5 Å². The second kappa shape index (κ2) is 8.29. The Morgan fingerprint density at radius 2 is 2.00 bits per heavy atom. The lowest BCUT2D eigenvalue weighted by Gasteiger charge is -2.47. The molecule has 1 saturated heterocycles. The van der Waals surface area contributed by atoms with Crippen molar-refractivity contribution in [3.05, 3.63) is 63.8 Å². The van der Waals surface area contributed by atoms with Gasteiger partial charge in [0.05, 0.1) is 18.3 Å². The molecule has 1 atom stereocenters. The van der Waals surface area contributed by atoms with Crippen molar-refractivity contribution in [2.45, 2.75) is 38.9 Å². The smallest absolute Gasteiger partial charge is 0.408 e. The maximum absolute atomic E-state index is 14.3. The van der Waals surface area contributed by atoms with Crippen LogP contribution in [0.1, 0.15) is 47.3 Å². The summed E-state index contributed by atoms with van der Waals surface area (Å²) in [5.74, 6) is -2.99. The molecule has 3 amide bonds. The standard InChI is InChI=1S/C23H22FN7O5/c1-23(2,3)30-10-15(21(30)34)28-20(33)16-7-14(27-18-12(24)9-26-31(16)18)19(32)25-8-11-4-5-17-13(6-11)29-22(35)36-17/h4-7,9,15H,8,10H2,1-3H3,(H,25,32)(H,28,33)(H,29,35)/t15-/m0/s1. The number of hydrogen-bond donors (Lipinski definition) is 3. The Morgan fingerprint density at radius 3 is 2.72 bits per heavy atom. The highest BCUT2D eigenvalue weighted by Crippen LogP contribution is 2.23. The molecule has 36 heavy (non-hydrogen) atoms. The summed E-state index contributed by atoms with van der Waals surface area (Å²) in [6, 6.07) is 5.35. The van der Waals surface area contributed by atoms with Crippen LogP contribution in [0, 0.1) is 5.82 Å². The van der Waals surface area contributed by atoms with Crippen LogP contribution < -0.4 is 16.4 Å². The summed E-state index contributed by atoms with van der Waals surface area (Å²) in [6.07, 6.45) is 0.886. The van der Waals surface area contributed by atoms with Gasteiger partial charge in [0.1, 0.15) is 17.4 Å². The molecule has 0 spiro atoms. The quantitative estimate of drug-likeness (QED) is 0.349. The van der Waals surface area contributed by atoms with Gasteiger partial charge < -0.3 is 20.0 Å². The largest absolute Gasteiger partial charge is 0.417 e. The van der Waals surface area contributed by atoms with Crippen molar-refractivity contribution in [2.24, 2.45) is 0 Å². The van der Waals surface area contributed by atoms with Gasteiger partial charge in [0.25, 0.3) is 11.8 Å². The maximum atomic E-state index is 14.3. The van der Waals surface area contributed by atoms with Gasteiger partial charge in [-0.15, -0.1) is 0 Å². The van der Waals surface area contributed by atoms with E-state index in [9.17, 15) is 23.6 Å². The molecule has 0 unspecified atom stereocenters. The van der Waals surface area contributed by atoms with E-state index in [0.29, 0.717) is 23.2 Å². The zero-order valence-electron chi connectivity index (χ0n) is 19.6. The van der Waals surface area contributed by atoms with E-state index in [-0.39, 0.29) is 35.0 Å². The molecule has 1 aliphatic rings. The minimum atomic E-state index is -0.813. The van der Waals surface area contributed by atoms with Gasteiger partial charge >= 0.3 is 5.76 Å². The number of oxazole rings is 1. The zero-order chi connectivity index (χ0) is 25.8. The van der Waals surface area contributed by atoms with Crippen LogP contribution in [0.5, 0.6) is 0 Å². The van der Waals surface area contributed by atoms with Crippen LogP contribution in [0.4, 0.5) is 4.39 Å². The van der Waals surface area contributed by atoms with Gasteiger partial charge in [0.15, 0.2) is 17.0 Å². The first-order valence-corrected chi connectivity index (χ1v) is 11.1. The first-order valence-electron chi connectivity index (χ1n) is 11.1. The van der Waals surface area contributed by atoms with Crippen molar-refractivity contribution in [2.75, 3.05) is 6.54 Å². The fourth-order valence-corrected chi connectivity index (χ4v) is 3.97. The first-order chi connectivity index (χ1) is 17.0. The summed E-state index contributed by atoms with van der Waals surface area (Å²) in [5.41, 5.74) is 0.480. The lowest BCUT2D eigenvalue weighted by Crippen LogP contribution is -2.68. The summed E-state index contributed by atoms with van der Waals surface area (Å²) in [5, 5.41) is 9.11. The van der Waals surface area contributed by atoms with E-state index in [4.69, 9.17) is 4.42 Å². The number of carbonyl (C=O) groups is 3. The third-order valence-corrected chi connectivity index (χ3v) is 5.87. The Morgan fingerprint density at radius 1 is 1.22 bits per heavy atom. The number of carbonyl (C=O) groups excluding carboxylic acids is 3. The maximum Gasteiger partial charge on any atom is 0.417 e. The predicted octanol–water partition coefficient (Wildman–Crippen LogP) is 0.972. The molecule has 4 heterocycles. The van der Waals surface area contributed by atoms with Crippen molar-refractivity contribution in [1.29, 1.82) is 0 Å². The number of likely N-dealkylation sites (tertiary alicyclic amines) is 1. The topological polar surface area (TPSA) is 155 Å². The Bertz CT molecular complexity index is 1600. The van der Waals surface area contributed by atoms with Crippen LogP contribution in [0.2, 0.25) is 0 Å². The van der Waals surface area contributed by atoms with Crippen molar-refractivity contribution in [1.82, 2.24) is 35.1 Å². The Hall–Kier alpha value is -4.55. The van der Waals surface area contributed by atoms with Crippen LogP contribution in [-0.2, 0) is 11.3 Å². The number of halogens is 1. The van der Waals surface area contributed by atoms with E-state index in [2.05, 4.69) is 25.7 Å². The summed E-state index contributed by atoms with van der Waals surface area (Å²) in [7, 11) is 0. The van der Waals surface area contributed by atoms with Gasteiger partial charge in [-0.3, -0.25) is 19.4 Å². The van der Waals surface area contributed by atoms with Crippen molar-refractivity contribution in [3.8, 4) is 0 Å². The van der Waals surface area contributed by atoms with Crippen LogP contribution in [-0.4, -0.2) is 60.3 Å². The van der Waals surface area contributed by atoms with E-state index in [0.717, 1.165) is 10.7 Å². The van der Waals surface area contributed by atoms with Gasteiger partial charge in [-0.2, -0.15) is 5.10 Å². The minimum absolute atomic E-state index is 0.0668. The number of nitrogens with one attached hydrogen (secondary N) is 3. The number of rotatable bonds is 5. The molecule has 3 aromatic heterocycles. The molecule has 3 N–H and O–H groups in total. The molecule has 0 bridgehead atoms. The molecular formula is C23H22FN7O5. The molecule has 13 heteroatoms. The van der Waals surface area contributed by atoms with Crippen LogP contribution in [0.15, 0.2) is 39.7 Å². The minimum Gasteiger partial charge on any atom is -0.408 e. The normalized spacial score (nSPS) is 15.8. The lowest BCUT2D eigenvalue weighted by atomic mass is 9.96. The first kappa shape index (κ1) is 23.2. The average molecular weight is 495 g/mol. The number of aromatic nitrogens is 4. The number of H-pyrrole nitrogens is 1. The van der Waals surface area contributed by atoms with Crippen LogP contribution in [0.25, 0.3) is 16.7 Å². The fourth-order valence-electron chi connectivity index (χ4n) is 3.97. The highest BCUT2D eigenvalue weighted by molar-refractivity contribution is 6.01. The molecule has 1 fully saturated rings. The number of amides is 3. The fraction of sp³-hybridized carbons (Fsp3) is 0.304. The van der Waals surface area contributed by atoms with Crippen molar-refractivity contribution in [3.63, 3.8) is 0 Å². The predicted molar refractivity (Wildman–Crippen MR) is 124 cm³/mol. The molecule has 0 radical (unpaired) electrons. The third kappa shape index (κ3) is 4.08. The summed E-state index contributed by atoms with van der Waals surface area (Å²) in [4.78, 5) is 57.8. The SMILES string of the molecule is CC(C)(C)N1C[C@H](NC(=O)c2cc(C(=O)NCc3ccc4oc(=O)[nH]c4c3)nc3c(F)cnn23)C1=O. The number of β-lactam (4-membered cyclic amide) rings is 1. The van der Waals surface area contributed by atoms with Gasteiger partial charge in [-0.25, -0.2) is 18.7 Å². The molecule has 12 nitrogen and oxygen atoms in total. The van der Waals surface area contributed by atoms with E-state index in [1.165, 1.54) is 6.07 Å². The molecule has 5 rings (SSSR count). The molecule has 0 saturated carbocycles. The van der Waals surface area contributed by atoms with Gasteiger partial charge in [0, 0.05) is 18.2 Å². The third-order valence-electron chi connectivity index (χ3n) is 5.87. The second-order valence-electron chi connectivity index (χ2n) is 9.43. The number of hydrogen-bond acceptors (Lipinski definition) is 7.